The summed E-state index contributed by atoms with van der Waals surface area (Å²) in [6.45, 7) is 0. The molecular weight excluding hydrogens is 713 g/mol. The summed E-state index contributed by atoms with van der Waals surface area (Å²) in [5, 5.41) is 7.78. The van der Waals surface area contributed by atoms with Crippen LogP contribution in [0.25, 0.3) is 88.5 Å². The zero-order chi connectivity index (χ0) is 38.9. The van der Waals surface area contributed by atoms with E-state index in [1.807, 2.05) is 24.3 Å². The first-order chi connectivity index (χ1) is 29.2. The van der Waals surface area contributed by atoms with E-state index in [4.69, 9.17) is 9.97 Å². The average Bonchev–Trinajstić information content (AvgIpc) is 3.61. The van der Waals surface area contributed by atoms with E-state index in [-0.39, 0.29) is 0 Å². The molecule has 1 heterocycles. The third-order valence-electron chi connectivity index (χ3n) is 12.5. The van der Waals surface area contributed by atoms with Gasteiger partial charge in [0.2, 0.25) is 0 Å². The van der Waals surface area contributed by atoms with Crippen molar-refractivity contribution in [2.24, 2.45) is 0 Å². The van der Waals surface area contributed by atoms with E-state index < -0.39 is 5.41 Å². The molecule has 0 N–H and O–H groups in total. The van der Waals surface area contributed by atoms with Crippen LogP contribution in [0.15, 0.2) is 218 Å². The summed E-state index contributed by atoms with van der Waals surface area (Å²) in [4.78, 5) is 10.3. The van der Waals surface area contributed by atoms with E-state index in [1.165, 1.54) is 76.8 Å². The van der Waals surface area contributed by atoms with Crippen LogP contribution in [0.4, 0.5) is 0 Å². The van der Waals surface area contributed by atoms with E-state index in [1.54, 1.807) is 0 Å². The Kier molecular flexibility index (Phi) is 7.48. The molecule has 2 nitrogen and oxygen atoms in total. The highest BCUT2D eigenvalue weighted by atomic mass is 14.9. The van der Waals surface area contributed by atoms with E-state index in [9.17, 15) is 0 Å². The van der Waals surface area contributed by atoms with Gasteiger partial charge in [-0.25, -0.2) is 9.97 Å². The van der Waals surface area contributed by atoms with Crippen LogP contribution >= 0.6 is 0 Å². The van der Waals surface area contributed by atoms with Crippen LogP contribution in [0.5, 0.6) is 0 Å². The first-order valence-corrected chi connectivity index (χ1v) is 20.3. The molecule has 1 aliphatic rings. The van der Waals surface area contributed by atoms with E-state index >= 15 is 0 Å². The molecule has 0 saturated carbocycles. The molecule has 0 fully saturated rings. The average molecular weight is 749 g/mol. The maximum Gasteiger partial charge on any atom is 0.160 e. The van der Waals surface area contributed by atoms with Crippen molar-refractivity contribution in [1.29, 1.82) is 0 Å². The lowest BCUT2D eigenvalue weighted by atomic mass is 9.67. The summed E-state index contributed by atoms with van der Waals surface area (Å²) in [6, 6.07) is 79.5. The summed E-state index contributed by atoms with van der Waals surface area (Å²) in [6.07, 6.45) is 0. The van der Waals surface area contributed by atoms with Crippen LogP contribution in [0, 0.1) is 0 Å². The fourth-order valence-corrected chi connectivity index (χ4v) is 9.88. The van der Waals surface area contributed by atoms with Gasteiger partial charge in [-0.1, -0.05) is 200 Å². The van der Waals surface area contributed by atoms with Gasteiger partial charge in [0, 0.05) is 16.7 Å². The van der Waals surface area contributed by atoms with Gasteiger partial charge in [-0.05, 0) is 95.0 Å². The Morgan fingerprint density at radius 1 is 0.305 bits per heavy atom. The van der Waals surface area contributed by atoms with Crippen LogP contribution in [0.3, 0.4) is 0 Å². The topological polar surface area (TPSA) is 25.8 Å². The molecule has 0 amide bonds. The summed E-state index contributed by atoms with van der Waals surface area (Å²) in [7, 11) is 0. The lowest BCUT2D eigenvalue weighted by Gasteiger charge is -2.34. The lowest BCUT2D eigenvalue weighted by molar-refractivity contribution is 0.769. The van der Waals surface area contributed by atoms with Crippen molar-refractivity contribution >= 4 is 32.3 Å². The van der Waals surface area contributed by atoms with Gasteiger partial charge in [-0.3, -0.25) is 0 Å². The zero-order valence-electron chi connectivity index (χ0n) is 32.2. The Hall–Kier alpha value is -7.68. The van der Waals surface area contributed by atoms with Crippen molar-refractivity contribution in [1.82, 2.24) is 9.97 Å². The van der Waals surface area contributed by atoms with Crippen molar-refractivity contribution in [3.63, 3.8) is 0 Å². The molecule has 1 aromatic heterocycles. The number of fused-ring (bicyclic) bond motifs is 3. The second kappa shape index (κ2) is 13.2. The Labute approximate surface area is 343 Å². The van der Waals surface area contributed by atoms with Crippen molar-refractivity contribution in [2.75, 3.05) is 0 Å². The number of hydrogen-bond acceptors (Lipinski definition) is 2. The molecule has 0 radical (unpaired) electrons. The van der Waals surface area contributed by atoms with Gasteiger partial charge in [0.05, 0.1) is 16.8 Å². The first-order valence-electron chi connectivity index (χ1n) is 20.3. The molecule has 1 aliphatic carbocycles. The molecule has 11 aromatic rings. The van der Waals surface area contributed by atoms with Gasteiger partial charge in [0.25, 0.3) is 0 Å². The van der Waals surface area contributed by atoms with Crippen molar-refractivity contribution in [3.8, 4) is 56.2 Å². The highest BCUT2D eigenvalue weighted by Crippen LogP contribution is 2.57. The third kappa shape index (κ3) is 5.13. The van der Waals surface area contributed by atoms with Gasteiger partial charge in [0.15, 0.2) is 5.82 Å². The third-order valence-corrected chi connectivity index (χ3v) is 12.5. The van der Waals surface area contributed by atoms with E-state index in [0.717, 1.165) is 28.1 Å². The van der Waals surface area contributed by atoms with E-state index in [0.29, 0.717) is 5.82 Å². The maximum absolute atomic E-state index is 5.24. The fraction of sp³-hybridized carbons (Fsp3) is 0.0175. The highest BCUT2D eigenvalue weighted by Gasteiger charge is 2.46. The van der Waals surface area contributed by atoms with Crippen LogP contribution in [0.1, 0.15) is 22.3 Å². The summed E-state index contributed by atoms with van der Waals surface area (Å²) in [5.74, 6) is 0.712. The summed E-state index contributed by atoms with van der Waals surface area (Å²) in [5.41, 5.74) is 14.3. The first kappa shape index (κ1) is 33.5. The van der Waals surface area contributed by atoms with Crippen LogP contribution < -0.4 is 0 Å². The summed E-state index contributed by atoms with van der Waals surface area (Å²) < 4.78 is 0. The van der Waals surface area contributed by atoms with Gasteiger partial charge >= 0.3 is 0 Å². The number of hydrogen-bond donors (Lipinski definition) is 0. The van der Waals surface area contributed by atoms with Crippen LogP contribution in [-0.4, -0.2) is 9.97 Å². The number of nitrogens with zero attached hydrogens (tertiary/aromatic N) is 2. The lowest BCUT2D eigenvalue weighted by Crippen LogP contribution is -2.28. The number of aromatic nitrogens is 2. The van der Waals surface area contributed by atoms with Crippen LogP contribution in [-0.2, 0) is 5.41 Å². The highest BCUT2D eigenvalue weighted by molar-refractivity contribution is 6.25. The largest absolute Gasteiger partial charge is 0.228 e. The smallest absolute Gasteiger partial charge is 0.160 e. The molecule has 10 aromatic carbocycles. The Bertz CT molecular complexity index is 3240. The van der Waals surface area contributed by atoms with Gasteiger partial charge in [-0.2, -0.15) is 0 Å². The van der Waals surface area contributed by atoms with E-state index in [2.05, 4.69) is 194 Å². The van der Waals surface area contributed by atoms with Gasteiger partial charge in [-0.15, -0.1) is 0 Å². The second-order valence-corrected chi connectivity index (χ2v) is 15.7. The standard InChI is InChI=1S/C57H36N2/c1-5-14-37(15-6-1)52-36-53(59-56(58-52)41-16-7-2-8-17-41)43-29-33-50-49(34-43)47-31-28-42(35-51(47)57(50,44-20-9-3-10-21-44)45-22-11-4-12-23-45)46-30-26-40-25-24-38-18-13-19-39-27-32-48(46)55(40)54(38)39/h1-36H. The molecule has 2 heteroatoms. The molecule has 12 rings (SSSR count). The minimum atomic E-state index is -0.554. The van der Waals surface area contributed by atoms with Crippen molar-refractivity contribution in [3.05, 3.63) is 241 Å². The molecule has 59 heavy (non-hydrogen) atoms. The fourth-order valence-electron chi connectivity index (χ4n) is 9.88. The minimum absolute atomic E-state index is 0.554. The molecule has 0 saturated heterocycles. The second-order valence-electron chi connectivity index (χ2n) is 15.7. The van der Waals surface area contributed by atoms with Crippen LogP contribution in [0.2, 0.25) is 0 Å². The quantitative estimate of drug-likeness (QED) is 0.158. The molecular formula is C57H36N2. The normalized spacial score (nSPS) is 12.9. The Morgan fingerprint density at radius 3 is 1.53 bits per heavy atom. The molecule has 0 bridgehead atoms. The summed E-state index contributed by atoms with van der Waals surface area (Å²) >= 11 is 0. The van der Waals surface area contributed by atoms with Gasteiger partial charge in [0.1, 0.15) is 0 Å². The minimum Gasteiger partial charge on any atom is -0.228 e. The predicted molar refractivity (Wildman–Crippen MR) is 245 cm³/mol. The molecule has 0 unspecified atom stereocenters. The molecule has 0 aliphatic heterocycles. The number of rotatable bonds is 6. The monoisotopic (exact) mass is 748 g/mol. The maximum atomic E-state index is 5.24. The van der Waals surface area contributed by atoms with Crippen molar-refractivity contribution in [2.45, 2.75) is 5.41 Å². The Morgan fingerprint density at radius 2 is 0.847 bits per heavy atom. The van der Waals surface area contributed by atoms with Crippen molar-refractivity contribution < 1.29 is 0 Å². The zero-order valence-corrected chi connectivity index (χ0v) is 32.2. The molecule has 0 atom stereocenters. The number of benzene rings is 10. The predicted octanol–water partition coefficient (Wildman–Crippen LogP) is 14.4. The SMILES string of the molecule is c1ccc(-c2cc(-c3ccc4c(c3)-c3ccc(-c5ccc6ccc7cccc8ccc5c6c78)cc3C4(c3ccccc3)c3ccccc3)nc(-c3ccccc3)n2)cc1. The Balaban J connectivity index is 1.11. The van der Waals surface area contributed by atoms with Gasteiger partial charge < -0.3 is 0 Å². The molecule has 274 valence electrons. The molecule has 0 spiro atoms.